The number of thioether (sulfide) groups is 1. The maximum absolute atomic E-state index is 12.6. The number of hydrogen-bond donors (Lipinski definition) is 1. The largest absolute Gasteiger partial charge is 0.497 e. The highest BCUT2D eigenvalue weighted by Crippen LogP contribution is 2.37. The Bertz CT molecular complexity index is 403. The Morgan fingerprint density at radius 3 is 2.33 bits per heavy atom. The lowest BCUT2D eigenvalue weighted by Crippen LogP contribution is -2.28. The van der Waals surface area contributed by atoms with Gasteiger partial charge >= 0.3 is 12.1 Å². The van der Waals surface area contributed by atoms with Gasteiger partial charge in [-0.25, -0.2) is 0 Å². The van der Waals surface area contributed by atoms with Crippen LogP contribution in [0.25, 0.3) is 0 Å². The smallest absolute Gasteiger partial charge is 0.401 e. The topological polar surface area (TPSA) is 46.5 Å². The van der Waals surface area contributed by atoms with Gasteiger partial charge in [0.15, 0.2) is 0 Å². The number of hydrogen-bond acceptors (Lipinski definition) is 3. The van der Waals surface area contributed by atoms with Gasteiger partial charge in [-0.2, -0.15) is 13.2 Å². The first kappa shape index (κ1) is 14.7. The van der Waals surface area contributed by atoms with E-state index in [1.165, 1.54) is 31.4 Å². The molecule has 0 radical (unpaired) electrons. The van der Waals surface area contributed by atoms with Crippen LogP contribution < -0.4 is 4.74 Å². The Kier molecular flexibility index (Phi) is 4.89. The molecule has 0 saturated heterocycles. The van der Waals surface area contributed by atoms with Gasteiger partial charge in [-0.3, -0.25) is 4.79 Å². The highest BCUT2D eigenvalue weighted by Gasteiger charge is 2.41. The predicted molar refractivity (Wildman–Crippen MR) is 60.9 cm³/mol. The first-order valence-corrected chi connectivity index (χ1v) is 5.80. The average Bonchev–Trinajstić information content (AvgIpc) is 2.27. The van der Waals surface area contributed by atoms with Gasteiger partial charge in [-0.1, -0.05) is 0 Å². The molecule has 100 valence electrons. The lowest BCUT2D eigenvalue weighted by Gasteiger charge is -2.18. The third-order valence-electron chi connectivity index (χ3n) is 2.06. The molecular weight excluding hydrogens is 269 g/mol. The van der Waals surface area contributed by atoms with E-state index in [-0.39, 0.29) is 0 Å². The number of methoxy groups -OCH3 is 1. The summed E-state index contributed by atoms with van der Waals surface area (Å²) in [5, 5.41) is 6.52. The zero-order valence-corrected chi connectivity index (χ0v) is 10.2. The van der Waals surface area contributed by atoms with E-state index in [1.54, 1.807) is 0 Å². The molecule has 0 heterocycles. The number of halogens is 3. The monoisotopic (exact) mass is 280 g/mol. The van der Waals surface area contributed by atoms with Gasteiger partial charge in [0.1, 0.15) is 11.0 Å². The molecule has 0 unspecified atom stereocenters. The fraction of sp³-hybridized carbons (Fsp3) is 0.364. The summed E-state index contributed by atoms with van der Waals surface area (Å²) in [6, 6.07) is 5.97. The number of carboxylic acid groups (broad SMARTS) is 1. The van der Waals surface area contributed by atoms with E-state index in [0.29, 0.717) is 22.4 Å². The molecule has 0 saturated carbocycles. The van der Waals surface area contributed by atoms with Crippen LogP contribution in [0.2, 0.25) is 0 Å². The standard InChI is InChI=1S/C11H11F3O3S/c1-17-7-2-4-8(5-3-7)18-9(6-10(15)16)11(12,13)14/h2-5,9H,6H2,1H3,(H,15,16)/t9-/m0/s1. The molecule has 7 heteroatoms. The van der Waals surface area contributed by atoms with Crippen LogP contribution in [-0.2, 0) is 4.79 Å². The molecule has 0 aliphatic heterocycles. The summed E-state index contributed by atoms with van der Waals surface area (Å²) in [5.41, 5.74) is 0. The van der Waals surface area contributed by atoms with Gasteiger partial charge < -0.3 is 9.84 Å². The minimum atomic E-state index is -4.55. The molecule has 3 nitrogen and oxygen atoms in total. The van der Waals surface area contributed by atoms with E-state index in [2.05, 4.69) is 0 Å². The minimum Gasteiger partial charge on any atom is -0.497 e. The summed E-state index contributed by atoms with van der Waals surface area (Å²) >= 11 is 0.482. The van der Waals surface area contributed by atoms with Crippen molar-refractivity contribution in [3.05, 3.63) is 24.3 Å². The van der Waals surface area contributed by atoms with Crippen LogP contribution in [0.5, 0.6) is 5.75 Å². The molecule has 1 aromatic carbocycles. The summed E-state index contributed by atoms with van der Waals surface area (Å²) in [6.07, 6.45) is -5.51. The van der Waals surface area contributed by atoms with Gasteiger partial charge in [-0.05, 0) is 24.3 Å². The van der Waals surface area contributed by atoms with Crippen molar-refractivity contribution in [1.29, 1.82) is 0 Å². The van der Waals surface area contributed by atoms with E-state index in [0.717, 1.165) is 0 Å². The van der Waals surface area contributed by atoms with Crippen LogP contribution in [0.3, 0.4) is 0 Å². The number of alkyl halides is 3. The van der Waals surface area contributed by atoms with E-state index in [9.17, 15) is 18.0 Å². The molecule has 0 aromatic heterocycles. The van der Waals surface area contributed by atoms with Crippen molar-refractivity contribution < 1.29 is 27.8 Å². The molecule has 18 heavy (non-hydrogen) atoms. The maximum atomic E-state index is 12.6. The minimum absolute atomic E-state index is 0.347. The fourth-order valence-corrected chi connectivity index (χ4v) is 2.18. The number of rotatable bonds is 5. The zero-order chi connectivity index (χ0) is 13.8. The molecule has 1 rings (SSSR count). The Hall–Kier alpha value is -1.37. The second-order valence-electron chi connectivity index (χ2n) is 3.42. The van der Waals surface area contributed by atoms with Crippen LogP contribution in [0.15, 0.2) is 29.2 Å². The molecule has 0 bridgehead atoms. The number of carbonyl (C=O) groups is 1. The van der Waals surface area contributed by atoms with Crippen LogP contribution in [-0.4, -0.2) is 29.6 Å². The predicted octanol–water partition coefficient (Wildman–Crippen LogP) is 3.19. The van der Waals surface area contributed by atoms with Crippen molar-refractivity contribution in [2.45, 2.75) is 22.7 Å². The highest BCUT2D eigenvalue weighted by atomic mass is 32.2. The molecule has 1 aromatic rings. The van der Waals surface area contributed by atoms with Gasteiger partial charge in [0.2, 0.25) is 0 Å². The van der Waals surface area contributed by atoms with Crippen LogP contribution >= 0.6 is 11.8 Å². The van der Waals surface area contributed by atoms with Crippen molar-refractivity contribution in [2.24, 2.45) is 0 Å². The summed E-state index contributed by atoms with van der Waals surface area (Å²) in [5.74, 6) is -0.945. The second-order valence-corrected chi connectivity index (χ2v) is 4.70. The number of ether oxygens (including phenoxy) is 1. The zero-order valence-electron chi connectivity index (χ0n) is 9.40. The quantitative estimate of drug-likeness (QED) is 0.841. The lowest BCUT2D eigenvalue weighted by atomic mass is 10.3. The molecular formula is C11H11F3O3S. The molecule has 0 fully saturated rings. The second kappa shape index (κ2) is 5.99. The van der Waals surface area contributed by atoms with Gasteiger partial charge in [0, 0.05) is 4.90 Å². The van der Waals surface area contributed by atoms with Crippen LogP contribution in [0.1, 0.15) is 6.42 Å². The SMILES string of the molecule is COc1ccc(S[C@@H](CC(=O)O)C(F)(F)F)cc1. The summed E-state index contributed by atoms with van der Waals surface area (Å²) < 4.78 is 42.7. The van der Waals surface area contributed by atoms with Gasteiger partial charge in [-0.15, -0.1) is 11.8 Å². The van der Waals surface area contributed by atoms with Crippen molar-refractivity contribution >= 4 is 17.7 Å². The van der Waals surface area contributed by atoms with Crippen molar-refractivity contribution in [1.82, 2.24) is 0 Å². The molecule has 1 atom stereocenters. The number of carboxylic acids is 1. The van der Waals surface area contributed by atoms with Gasteiger partial charge in [0.05, 0.1) is 13.5 Å². The Morgan fingerprint density at radius 1 is 1.39 bits per heavy atom. The van der Waals surface area contributed by atoms with E-state index in [4.69, 9.17) is 9.84 Å². The van der Waals surface area contributed by atoms with Gasteiger partial charge in [0.25, 0.3) is 0 Å². The fourth-order valence-electron chi connectivity index (χ4n) is 1.20. The Balaban J connectivity index is 2.79. The van der Waals surface area contributed by atoms with E-state index >= 15 is 0 Å². The number of benzene rings is 1. The molecule has 1 N–H and O–H groups in total. The molecule has 0 aliphatic carbocycles. The molecule has 0 aliphatic rings. The molecule has 0 amide bonds. The Morgan fingerprint density at radius 2 is 1.94 bits per heavy atom. The average molecular weight is 280 g/mol. The van der Waals surface area contributed by atoms with Crippen LogP contribution in [0, 0.1) is 0 Å². The summed E-state index contributed by atoms with van der Waals surface area (Å²) in [6.45, 7) is 0. The third kappa shape index (κ3) is 4.48. The van der Waals surface area contributed by atoms with E-state index in [1.807, 2.05) is 0 Å². The van der Waals surface area contributed by atoms with E-state index < -0.39 is 23.8 Å². The highest BCUT2D eigenvalue weighted by molar-refractivity contribution is 8.00. The maximum Gasteiger partial charge on any atom is 0.401 e. The molecule has 0 spiro atoms. The summed E-state index contributed by atoms with van der Waals surface area (Å²) in [7, 11) is 1.45. The summed E-state index contributed by atoms with van der Waals surface area (Å²) in [4.78, 5) is 10.8. The number of aliphatic carboxylic acids is 1. The van der Waals surface area contributed by atoms with Crippen molar-refractivity contribution in [3.8, 4) is 5.75 Å². The van der Waals surface area contributed by atoms with Crippen LogP contribution in [0.4, 0.5) is 13.2 Å². The Labute approximate surface area is 106 Å². The lowest BCUT2D eigenvalue weighted by molar-refractivity contribution is -0.149. The first-order valence-electron chi connectivity index (χ1n) is 4.92. The third-order valence-corrected chi connectivity index (χ3v) is 3.33. The first-order chi connectivity index (χ1) is 8.32. The normalized spacial score (nSPS) is 13.1. The van der Waals surface area contributed by atoms with Crippen molar-refractivity contribution in [2.75, 3.05) is 7.11 Å². The van der Waals surface area contributed by atoms with Crippen molar-refractivity contribution in [3.63, 3.8) is 0 Å².